The number of aryl methyl sites for hydroxylation is 1. The second-order valence-electron chi connectivity index (χ2n) is 4.69. The van der Waals surface area contributed by atoms with Crippen LogP contribution >= 0.6 is 0 Å². The van der Waals surface area contributed by atoms with E-state index in [0.29, 0.717) is 6.54 Å². The Balaban J connectivity index is 2.83. The largest absolute Gasteiger partial charge is 0.461 e. The number of carbonyl (C=O) groups is 1. The van der Waals surface area contributed by atoms with E-state index in [2.05, 4.69) is 21.9 Å². The van der Waals surface area contributed by atoms with Crippen LogP contribution < -0.4 is 16.6 Å². The standard InChI is InChI=1S/C14H17N5O4/c1-5-7-15-10-8(13(21)23-6-2)16-9-11(17-10)18(3)14(22)19(4)12(9)20/h5H,1,6-7H2,2-4H3,(H,15,17). The SMILES string of the molecule is C=CCNc1nc2c(nc1C(=O)OCC)c(=O)n(C)c(=O)n2C. The van der Waals surface area contributed by atoms with Gasteiger partial charge in [-0.2, -0.15) is 0 Å². The highest BCUT2D eigenvalue weighted by atomic mass is 16.5. The number of anilines is 1. The molecule has 2 heterocycles. The molecule has 0 aliphatic carbocycles. The van der Waals surface area contributed by atoms with Gasteiger partial charge in [-0.15, -0.1) is 6.58 Å². The van der Waals surface area contributed by atoms with Crippen molar-refractivity contribution in [1.82, 2.24) is 19.1 Å². The van der Waals surface area contributed by atoms with E-state index in [0.717, 1.165) is 4.57 Å². The van der Waals surface area contributed by atoms with Gasteiger partial charge in [0.2, 0.25) is 0 Å². The maximum atomic E-state index is 12.2. The summed E-state index contributed by atoms with van der Waals surface area (Å²) in [5.74, 6) is -0.580. The Morgan fingerprint density at radius 3 is 2.61 bits per heavy atom. The van der Waals surface area contributed by atoms with Gasteiger partial charge in [0.25, 0.3) is 5.56 Å². The predicted octanol–water partition coefficient (Wildman–Crippen LogP) is -0.198. The molecule has 2 aromatic heterocycles. The van der Waals surface area contributed by atoms with Gasteiger partial charge < -0.3 is 10.1 Å². The molecule has 0 bridgehead atoms. The van der Waals surface area contributed by atoms with Gasteiger partial charge in [-0.25, -0.2) is 19.6 Å². The summed E-state index contributed by atoms with van der Waals surface area (Å²) >= 11 is 0. The first-order chi connectivity index (χ1) is 10.9. The van der Waals surface area contributed by atoms with Crippen molar-refractivity contribution < 1.29 is 9.53 Å². The zero-order valence-electron chi connectivity index (χ0n) is 13.1. The Bertz CT molecular complexity index is 897. The molecule has 0 spiro atoms. The molecule has 1 N–H and O–H groups in total. The summed E-state index contributed by atoms with van der Waals surface area (Å²) in [6.07, 6.45) is 1.57. The van der Waals surface area contributed by atoms with Gasteiger partial charge in [0.15, 0.2) is 22.7 Å². The van der Waals surface area contributed by atoms with Crippen LogP contribution in [0.5, 0.6) is 0 Å². The summed E-state index contributed by atoms with van der Waals surface area (Å²) in [5.41, 5.74) is -1.27. The highest BCUT2D eigenvalue weighted by molar-refractivity contribution is 5.94. The van der Waals surface area contributed by atoms with Gasteiger partial charge in [0, 0.05) is 20.6 Å². The molecule has 0 saturated carbocycles. The Labute approximate surface area is 131 Å². The smallest absolute Gasteiger partial charge is 0.360 e. The number of hydrogen-bond acceptors (Lipinski definition) is 7. The van der Waals surface area contributed by atoms with Crippen molar-refractivity contribution in [2.75, 3.05) is 18.5 Å². The second kappa shape index (κ2) is 6.42. The number of esters is 1. The molecule has 0 fully saturated rings. The van der Waals surface area contributed by atoms with Crippen molar-refractivity contribution >= 4 is 23.0 Å². The van der Waals surface area contributed by atoms with E-state index < -0.39 is 17.2 Å². The van der Waals surface area contributed by atoms with E-state index in [-0.39, 0.29) is 29.3 Å². The first kappa shape index (κ1) is 16.4. The second-order valence-corrected chi connectivity index (χ2v) is 4.69. The number of nitrogens with one attached hydrogen (secondary N) is 1. The van der Waals surface area contributed by atoms with Crippen LogP contribution in [0.2, 0.25) is 0 Å². The van der Waals surface area contributed by atoms with E-state index in [1.165, 1.54) is 18.7 Å². The highest BCUT2D eigenvalue weighted by Crippen LogP contribution is 2.15. The molecule has 9 heteroatoms. The maximum Gasteiger partial charge on any atom is 0.360 e. The molecule has 9 nitrogen and oxygen atoms in total. The number of nitrogens with zero attached hydrogens (tertiary/aromatic N) is 4. The summed E-state index contributed by atoms with van der Waals surface area (Å²) in [6, 6.07) is 0. The molecule has 0 unspecified atom stereocenters. The van der Waals surface area contributed by atoms with Crippen LogP contribution in [-0.2, 0) is 18.8 Å². The fourth-order valence-electron chi connectivity index (χ4n) is 2.00. The van der Waals surface area contributed by atoms with Crippen molar-refractivity contribution in [3.63, 3.8) is 0 Å². The highest BCUT2D eigenvalue weighted by Gasteiger charge is 2.21. The average Bonchev–Trinajstić information content (AvgIpc) is 2.55. The molecule has 122 valence electrons. The van der Waals surface area contributed by atoms with Crippen LogP contribution in [0.4, 0.5) is 5.82 Å². The van der Waals surface area contributed by atoms with Crippen LogP contribution in [0.3, 0.4) is 0 Å². The number of fused-ring (bicyclic) bond motifs is 1. The minimum absolute atomic E-state index is 0.0812. The lowest BCUT2D eigenvalue weighted by Crippen LogP contribution is -2.38. The van der Waals surface area contributed by atoms with Gasteiger partial charge >= 0.3 is 11.7 Å². The predicted molar refractivity (Wildman–Crippen MR) is 84.7 cm³/mol. The fourth-order valence-corrected chi connectivity index (χ4v) is 2.00. The van der Waals surface area contributed by atoms with Crippen LogP contribution in [0.25, 0.3) is 11.2 Å². The number of rotatable bonds is 5. The Hall–Kier alpha value is -2.97. The summed E-state index contributed by atoms with van der Waals surface area (Å²) in [5, 5.41) is 2.86. The average molecular weight is 319 g/mol. The molecular formula is C14H17N5O4. The van der Waals surface area contributed by atoms with E-state index in [9.17, 15) is 14.4 Å². The topological polar surface area (TPSA) is 108 Å². The third kappa shape index (κ3) is 2.85. The van der Waals surface area contributed by atoms with Gasteiger partial charge in [-0.3, -0.25) is 13.9 Å². The molecule has 2 aromatic rings. The minimum Gasteiger partial charge on any atom is -0.461 e. The first-order valence-corrected chi connectivity index (χ1v) is 6.92. The summed E-state index contributed by atoms with van der Waals surface area (Å²) in [4.78, 5) is 44.5. The third-order valence-electron chi connectivity index (χ3n) is 3.16. The number of hydrogen-bond donors (Lipinski definition) is 1. The molecule has 0 radical (unpaired) electrons. The zero-order valence-corrected chi connectivity index (χ0v) is 13.1. The van der Waals surface area contributed by atoms with E-state index >= 15 is 0 Å². The summed E-state index contributed by atoms with van der Waals surface area (Å²) in [6.45, 7) is 5.71. The first-order valence-electron chi connectivity index (χ1n) is 6.92. The van der Waals surface area contributed by atoms with Gasteiger partial charge in [0.1, 0.15) is 0 Å². The maximum absolute atomic E-state index is 12.2. The van der Waals surface area contributed by atoms with Gasteiger partial charge in [-0.05, 0) is 6.92 Å². The molecule has 0 aliphatic heterocycles. The fraction of sp³-hybridized carbons (Fsp3) is 0.357. The van der Waals surface area contributed by atoms with Crippen molar-refractivity contribution in [3.05, 3.63) is 39.2 Å². The number of aromatic nitrogens is 4. The van der Waals surface area contributed by atoms with Crippen LogP contribution in [-0.4, -0.2) is 38.2 Å². The van der Waals surface area contributed by atoms with Crippen molar-refractivity contribution in [2.45, 2.75) is 6.92 Å². The lowest BCUT2D eigenvalue weighted by molar-refractivity contribution is 0.0520. The third-order valence-corrected chi connectivity index (χ3v) is 3.16. The molecule has 0 atom stereocenters. The Kier molecular flexibility index (Phi) is 4.58. The minimum atomic E-state index is -0.704. The molecule has 0 aliphatic rings. The molecule has 0 amide bonds. The molecule has 0 aromatic carbocycles. The Morgan fingerprint density at radius 1 is 1.30 bits per heavy atom. The number of carbonyl (C=O) groups excluding carboxylic acids is 1. The number of ether oxygens (including phenoxy) is 1. The van der Waals surface area contributed by atoms with E-state index in [1.54, 1.807) is 13.0 Å². The van der Waals surface area contributed by atoms with Gasteiger partial charge in [0.05, 0.1) is 6.61 Å². The van der Waals surface area contributed by atoms with E-state index in [4.69, 9.17) is 4.74 Å². The molecular weight excluding hydrogens is 302 g/mol. The summed E-state index contributed by atoms with van der Waals surface area (Å²) < 4.78 is 7.03. The van der Waals surface area contributed by atoms with Gasteiger partial charge in [-0.1, -0.05) is 6.08 Å². The molecule has 2 rings (SSSR count). The van der Waals surface area contributed by atoms with Crippen molar-refractivity contribution in [1.29, 1.82) is 0 Å². The van der Waals surface area contributed by atoms with Crippen LogP contribution in [0.15, 0.2) is 22.2 Å². The molecule has 0 saturated heterocycles. The van der Waals surface area contributed by atoms with E-state index in [1.807, 2.05) is 0 Å². The lowest BCUT2D eigenvalue weighted by Gasteiger charge is -2.12. The van der Waals surface area contributed by atoms with Crippen LogP contribution in [0, 0.1) is 0 Å². The Morgan fingerprint density at radius 2 is 2.00 bits per heavy atom. The lowest BCUT2D eigenvalue weighted by atomic mass is 10.3. The van der Waals surface area contributed by atoms with Crippen molar-refractivity contribution in [2.24, 2.45) is 14.1 Å². The zero-order chi connectivity index (χ0) is 17.1. The van der Waals surface area contributed by atoms with Crippen LogP contribution in [0.1, 0.15) is 17.4 Å². The normalized spacial score (nSPS) is 10.6. The molecule has 23 heavy (non-hydrogen) atoms. The monoisotopic (exact) mass is 319 g/mol. The summed E-state index contributed by atoms with van der Waals surface area (Å²) in [7, 11) is 2.81. The van der Waals surface area contributed by atoms with Crippen molar-refractivity contribution in [3.8, 4) is 0 Å². The quantitative estimate of drug-likeness (QED) is 0.600.